The van der Waals surface area contributed by atoms with Gasteiger partial charge in [0.1, 0.15) is 0 Å². The number of methoxy groups -OCH3 is 1. The van der Waals surface area contributed by atoms with Crippen molar-refractivity contribution in [2.45, 2.75) is 33.2 Å². The van der Waals surface area contributed by atoms with Gasteiger partial charge in [0.2, 0.25) is 0 Å². The van der Waals surface area contributed by atoms with E-state index in [9.17, 15) is 0 Å². The first-order valence-electron chi connectivity index (χ1n) is 7.11. The Kier molecular flexibility index (Phi) is 5.60. The average molecular weight is 283 g/mol. The lowest BCUT2D eigenvalue weighted by Crippen LogP contribution is -2.34. The lowest BCUT2D eigenvalue weighted by molar-refractivity contribution is 0.199. The van der Waals surface area contributed by atoms with Crippen molar-refractivity contribution in [3.8, 4) is 0 Å². The van der Waals surface area contributed by atoms with E-state index in [1.165, 1.54) is 28.5 Å². The molecule has 5 heteroatoms. The number of rotatable bonds is 6. The quantitative estimate of drug-likeness (QED) is 0.814. The lowest BCUT2D eigenvalue weighted by atomic mass is 10.0. The Morgan fingerprint density at radius 3 is 3.11 bits per heavy atom. The number of thiazole rings is 1. The number of nitrogens with one attached hydrogen (secondary N) is 1. The van der Waals surface area contributed by atoms with Gasteiger partial charge in [-0.1, -0.05) is 6.92 Å². The van der Waals surface area contributed by atoms with Gasteiger partial charge < -0.3 is 15.0 Å². The van der Waals surface area contributed by atoms with Crippen molar-refractivity contribution in [3.63, 3.8) is 0 Å². The molecule has 2 rings (SSSR count). The van der Waals surface area contributed by atoms with E-state index in [0.29, 0.717) is 0 Å². The summed E-state index contributed by atoms with van der Waals surface area (Å²) in [4.78, 5) is 8.54. The van der Waals surface area contributed by atoms with Crippen molar-refractivity contribution in [1.29, 1.82) is 0 Å². The fourth-order valence-electron chi connectivity index (χ4n) is 2.45. The fraction of sp³-hybridized carbons (Fsp3) is 0.786. The molecule has 0 bridgehead atoms. The number of aromatic nitrogens is 1. The second-order valence-electron chi connectivity index (χ2n) is 5.37. The van der Waals surface area contributed by atoms with E-state index < -0.39 is 0 Å². The molecule has 1 aliphatic rings. The highest BCUT2D eigenvalue weighted by Gasteiger charge is 2.20. The Hall–Kier alpha value is -0.650. The van der Waals surface area contributed by atoms with Crippen LogP contribution in [0.25, 0.3) is 0 Å². The third kappa shape index (κ3) is 4.16. The monoisotopic (exact) mass is 283 g/mol. The van der Waals surface area contributed by atoms with Crippen LogP contribution in [0.3, 0.4) is 0 Å². The molecule has 0 spiro atoms. The smallest absolute Gasteiger partial charge is 0.185 e. The predicted octanol–water partition coefficient (Wildman–Crippen LogP) is 2.42. The van der Waals surface area contributed by atoms with Crippen LogP contribution in [0.5, 0.6) is 0 Å². The van der Waals surface area contributed by atoms with E-state index >= 15 is 0 Å². The van der Waals surface area contributed by atoms with Gasteiger partial charge in [0, 0.05) is 38.2 Å². The minimum absolute atomic E-state index is 0.758. The number of ether oxygens (including phenoxy) is 1. The van der Waals surface area contributed by atoms with E-state index in [0.717, 1.165) is 38.7 Å². The first-order chi connectivity index (χ1) is 9.20. The van der Waals surface area contributed by atoms with Crippen molar-refractivity contribution in [1.82, 2.24) is 10.3 Å². The zero-order valence-corrected chi connectivity index (χ0v) is 13.1. The van der Waals surface area contributed by atoms with Crippen molar-refractivity contribution in [2.24, 2.45) is 5.92 Å². The van der Waals surface area contributed by atoms with Gasteiger partial charge in [-0.25, -0.2) is 4.98 Å². The summed E-state index contributed by atoms with van der Waals surface area (Å²) < 4.78 is 5.04. The molecule has 19 heavy (non-hydrogen) atoms. The molecule has 0 amide bonds. The fourth-order valence-corrected chi connectivity index (χ4v) is 3.52. The molecule has 1 atom stereocenters. The maximum Gasteiger partial charge on any atom is 0.185 e. The number of aryl methyl sites for hydroxylation is 1. The number of piperidine rings is 1. The molecule has 1 aliphatic heterocycles. The topological polar surface area (TPSA) is 37.4 Å². The van der Waals surface area contributed by atoms with Gasteiger partial charge in [-0.3, -0.25) is 0 Å². The van der Waals surface area contributed by atoms with Crippen LogP contribution in [-0.2, 0) is 11.3 Å². The Morgan fingerprint density at radius 1 is 1.53 bits per heavy atom. The van der Waals surface area contributed by atoms with Crippen LogP contribution in [0.4, 0.5) is 5.13 Å². The zero-order chi connectivity index (χ0) is 13.7. The molecule has 2 heterocycles. The van der Waals surface area contributed by atoms with Crippen LogP contribution in [0.2, 0.25) is 0 Å². The molecule has 4 nitrogen and oxygen atoms in total. The summed E-state index contributed by atoms with van der Waals surface area (Å²) in [7, 11) is 1.73. The van der Waals surface area contributed by atoms with Gasteiger partial charge in [-0.15, -0.1) is 11.3 Å². The van der Waals surface area contributed by atoms with Gasteiger partial charge in [0.15, 0.2) is 5.13 Å². The average Bonchev–Trinajstić information content (AvgIpc) is 2.76. The van der Waals surface area contributed by atoms with Crippen molar-refractivity contribution < 1.29 is 4.74 Å². The van der Waals surface area contributed by atoms with E-state index in [-0.39, 0.29) is 0 Å². The molecule has 1 N–H and O–H groups in total. The maximum absolute atomic E-state index is 5.04. The maximum atomic E-state index is 5.04. The highest BCUT2D eigenvalue weighted by Crippen LogP contribution is 2.29. The van der Waals surface area contributed by atoms with E-state index in [1.54, 1.807) is 7.11 Å². The molecule has 0 aliphatic carbocycles. The molecule has 108 valence electrons. The summed E-state index contributed by atoms with van der Waals surface area (Å²) in [5.74, 6) is 0.793. The Labute approximate surface area is 120 Å². The summed E-state index contributed by atoms with van der Waals surface area (Å²) >= 11 is 1.84. The van der Waals surface area contributed by atoms with E-state index in [4.69, 9.17) is 9.72 Å². The number of nitrogens with zero attached hydrogens (tertiary/aromatic N) is 2. The second-order valence-corrected chi connectivity index (χ2v) is 6.43. The minimum Gasteiger partial charge on any atom is -0.383 e. The number of hydrogen-bond donors (Lipinski definition) is 1. The Morgan fingerprint density at radius 2 is 2.37 bits per heavy atom. The van der Waals surface area contributed by atoms with Crippen LogP contribution in [0.1, 0.15) is 30.3 Å². The highest BCUT2D eigenvalue weighted by molar-refractivity contribution is 7.15. The first-order valence-corrected chi connectivity index (χ1v) is 7.93. The highest BCUT2D eigenvalue weighted by atomic mass is 32.1. The lowest BCUT2D eigenvalue weighted by Gasteiger charge is -2.30. The summed E-state index contributed by atoms with van der Waals surface area (Å²) in [6.45, 7) is 9.31. The van der Waals surface area contributed by atoms with Gasteiger partial charge >= 0.3 is 0 Å². The summed E-state index contributed by atoms with van der Waals surface area (Å²) in [5, 5.41) is 4.60. The molecule has 0 radical (unpaired) electrons. The molecule has 1 aromatic heterocycles. The van der Waals surface area contributed by atoms with Gasteiger partial charge in [0.25, 0.3) is 0 Å². The zero-order valence-electron chi connectivity index (χ0n) is 12.2. The summed E-state index contributed by atoms with van der Waals surface area (Å²) in [6.07, 6.45) is 2.65. The molecular weight excluding hydrogens is 258 g/mol. The predicted molar refractivity (Wildman–Crippen MR) is 81.0 cm³/mol. The van der Waals surface area contributed by atoms with E-state index in [2.05, 4.69) is 24.1 Å². The second kappa shape index (κ2) is 7.22. The van der Waals surface area contributed by atoms with Crippen molar-refractivity contribution in [3.05, 3.63) is 10.6 Å². The van der Waals surface area contributed by atoms with Crippen LogP contribution >= 0.6 is 11.3 Å². The van der Waals surface area contributed by atoms with Crippen LogP contribution in [0.15, 0.2) is 0 Å². The van der Waals surface area contributed by atoms with Gasteiger partial charge in [0.05, 0.1) is 12.3 Å². The minimum atomic E-state index is 0.758. The van der Waals surface area contributed by atoms with Crippen molar-refractivity contribution in [2.75, 3.05) is 38.3 Å². The normalized spacial score (nSPS) is 19.9. The summed E-state index contributed by atoms with van der Waals surface area (Å²) in [6, 6.07) is 0. The van der Waals surface area contributed by atoms with Gasteiger partial charge in [-0.2, -0.15) is 0 Å². The molecule has 1 fully saturated rings. The van der Waals surface area contributed by atoms with Crippen LogP contribution < -0.4 is 10.2 Å². The van der Waals surface area contributed by atoms with Crippen LogP contribution in [-0.4, -0.2) is 38.3 Å². The SMILES string of the molecule is COCCNCc1sc(N2CCCC(C)C2)nc1C. The van der Waals surface area contributed by atoms with Crippen molar-refractivity contribution >= 4 is 16.5 Å². The first kappa shape index (κ1) is 14.8. The third-order valence-electron chi connectivity index (χ3n) is 3.58. The molecule has 0 saturated carbocycles. The standard InChI is InChI=1S/C14H25N3OS/c1-11-5-4-7-17(10-11)14-16-12(2)13(19-14)9-15-6-8-18-3/h11,15H,4-10H2,1-3H3. The largest absolute Gasteiger partial charge is 0.383 e. The number of hydrogen-bond acceptors (Lipinski definition) is 5. The Bertz CT molecular complexity index is 394. The molecule has 1 aromatic rings. The third-order valence-corrected chi connectivity index (χ3v) is 4.80. The molecule has 0 aromatic carbocycles. The molecule has 1 saturated heterocycles. The summed E-state index contributed by atoms with van der Waals surface area (Å²) in [5.41, 5.74) is 1.17. The Balaban J connectivity index is 1.92. The molecule has 1 unspecified atom stereocenters. The van der Waals surface area contributed by atoms with Crippen LogP contribution in [0, 0.1) is 12.8 Å². The van der Waals surface area contributed by atoms with Gasteiger partial charge in [-0.05, 0) is 25.7 Å². The molecular formula is C14H25N3OS. The number of anilines is 1. The van der Waals surface area contributed by atoms with E-state index in [1.807, 2.05) is 11.3 Å².